The predicted octanol–water partition coefficient (Wildman–Crippen LogP) is 2.89. The maximum atomic E-state index is 11.1. The van der Waals surface area contributed by atoms with Crippen LogP contribution in [0.15, 0.2) is 36.8 Å². The van der Waals surface area contributed by atoms with E-state index in [-0.39, 0.29) is 11.2 Å². The fourth-order valence-corrected chi connectivity index (χ4v) is 2.14. The molecule has 0 aliphatic carbocycles. The van der Waals surface area contributed by atoms with Gasteiger partial charge in [-0.2, -0.15) is 10.2 Å². The summed E-state index contributed by atoms with van der Waals surface area (Å²) in [6.07, 6.45) is 5.20. The Bertz CT molecular complexity index is 812. The molecule has 2 heterocycles. The molecule has 0 spiro atoms. The minimum atomic E-state index is -0.402. The van der Waals surface area contributed by atoms with Gasteiger partial charge in [-0.3, -0.25) is 14.8 Å². The standard InChI is InChI=1S/C14H15N5O2/c1-14(2,3)18-9-10-7-11(19(20)21)8-12(13(10)16-18)17-6-4-5-15-17/h4-9H,1-3H3. The lowest BCUT2D eigenvalue weighted by Crippen LogP contribution is -2.22. The van der Waals surface area contributed by atoms with Gasteiger partial charge in [0.15, 0.2) is 0 Å². The van der Waals surface area contributed by atoms with Crippen LogP contribution in [0.1, 0.15) is 20.8 Å². The smallest absolute Gasteiger partial charge is 0.266 e. The van der Waals surface area contributed by atoms with Gasteiger partial charge < -0.3 is 0 Å². The number of rotatable bonds is 2. The highest BCUT2D eigenvalue weighted by molar-refractivity contribution is 5.88. The molecule has 0 unspecified atom stereocenters. The molecule has 3 aromatic rings. The van der Waals surface area contributed by atoms with Gasteiger partial charge in [-0.1, -0.05) is 0 Å². The fraction of sp³-hybridized carbons (Fsp3) is 0.286. The van der Waals surface area contributed by atoms with Crippen LogP contribution in [-0.4, -0.2) is 24.5 Å². The van der Waals surface area contributed by atoms with Gasteiger partial charge in [0, 0.05) is 36.1 Å². The van der Waals surface area contributed by atoms with Crippen LogP contribution < -0.4 is 0 Å². The van der Waals surface area contributed by atoms with Gasteiger partial charge in [-0.15, -0.1) is 0 Å². The second-order valence-corrected chi connectivity index (χ2v) is 5.85. The molecule has 21 heavy (non-hydrogen) atoms. The van der Waals surface area contributed by atoms with Crippen molar-refractivity contribution in [3.05, 3.63) is 46.9 Å². The first-order valence-electron chi connectivity index (χ1n) is 6.54. The Hall–Kier alpha value is -2.70. The van der Waals surface area contributed by atoms with Crippen LogP contribution >= 0.6 is 0 Å². The van der Waals surface area contributed by atoms with Crippen molar-refractivity contribution in [2.45, 2.75) is 26.3 Å². The van der Waals surface area contributed by atoms with E-state index in [0.717, 1.165) is 5.39 Å². The van der Waals surface area contributed by atoms with Gasteiger partial charge in [0.25, 0.3) is 5.69 Å². The Labute approximate surface area is 120 Å². The molecule has 7 nitrogen and oxygen atoms in total. The maximum absolute atomic E-state index is 11.1. The number of hydrogen-bond donors (Lipinski definition) is 0. The van der Waals surface area contributed by atoms with Crippen LogP contribution in [0.5, 0.6) is 0 Å². The molecule has 0 aliphatic rings. The van der Waals surface area contributed by atoms with E-state index in [1.165, 1.54) is 12.1 Å². The summed E-state index contributed by atoms with van der Waals surface area (Å²) in [7, 11) is 0. The van der Waals surface area contributed by atoms with Crippen LogP contribution in [0.2, 0.25) is 0 Å². The Kier molecular flexibility index (Phi) is 2.79. The van der Waals surface area contributed by atoms with Crippen molar-refractivity contribution in [1.29, 1.82) is 0 Å². The monoisotopic (exact) mass is 285 g/mol. The van der Waals surface area contributed by atoms with Gasteiger partial charge >= 0.3 is 0 Å². The average molecular weight is 285 g/mol. The second-order valence-electron chi connectivity index (χ2n) is 5.85. The highest BCUT2D eigenvalue weighted by Gasteiger charge is 2.20. The summed E-state index contributed by atoms with van der Waals surface area (Å²) in [6.45, 7) is 6.09. The minimum Gasteiger partial charge on any atom is -0.266 e. The van der Waals surface area contributed by atoms with E-state index in [0.29, 0.717) is 11.2 Å². The molecule has 0 saturated heterocycles. The van der Waals surface area contributed by atoms with Crippen molar-refractivity contribution < 1.29 is 4.92 Å². The van der Waals surface area contributed by atoms with Crippen LogP contribution in [0.25, 0.3) is 16.6 Å². The Balaban J connectivity index is 2.33. The van der Waals surface area contributed by atoms with E-state index in [9.17, 15) is 10.1 Å². The van der Waals surface area contributed by atoms with Gasteiger partial charge in [0.2, 0.25) is 0 Å². The molecular formula is C14H15N5O2. The molecule has 0 radical (unpaired) electrons. The number of fused-ring (bicyclic) bond motifs is 1. The summed E-state index contributed by atoms with van der Waals surface area (Å²) in [5.41, 5.74) is 1.13. The SMILES string of the molecule is CC(C)(C)n1cc2cc([N+](=O)[O-])cc(-n3cccn3)c2n1. The zero-order valence-corrected chi connectivity index (χ0v) is 12.0. The fourth-order valence-electron chi connectivity index (χ4n) is 2.14. The third-order valence-corrected chi connectivity index (χ3v) is 3.22. The summed E-state index contributed by atoms with van der Waals surface area (Å²) in [4.78, 5) is 10.7. The van der Waals surface area contributed by atoms with E-state index >= 15 is 0 Å². The molecule has 3 rings (SSSR count). The zero-order chi connectivity index (χ0) is 15.2. The van der Waals surface area contributed by atoms with Gasteiger partial charge in [-0.05, 0) is 26.8 Å². The average Bonchev–Trinajstić information content (AvgIpc) is 3.05. The number of benzene rings is 1. The molecule has 0 aliphatic heterocycles. The summed E-state index contributed by atoms with van der Waals surface area (Å²) in [6, 6.07) is 4.80. The van der Waals surface area contributed by atoms with Crippen molar-refractivity contribution in [2.75, 3.05) is 0 Å². The van der Waals surface area contributed by atoms with Crippen molar-refractivity contribution in [1.82, 2.24) is 19.6 Å². The molecule has 7 heteroatoms. The third kappa shape index (κ3) is 2.26. The van der Waals surface area contributed by atoms with Crippen LogP contribution in [0, 0.1) is 10.1 Å². The number of nitro benzene ring substituents is 1. The molecule has 1 aromatic carbocycles. The molecule has 0 atom stereocenters. The Morgan fingerprint density at radius 2 is 2.05 bits per heavy atom. The van der Waals surface area contributed by atoms with Crippen molar-refractivity contribution >= 4 is 16.6 Å². The quantitative estimate of drug-likeness (QED) is 0.535. The first kappa shape index (κ1) is 13.3. The molecule has 2 aromatic heterocycles. The van der Waals surface area contributed by atoms with Gasteiger partial charge in [-0.25, -0.2) is 4.68 Å². The molecular weight excluding hydrogens is 270 g/mol. The summed E-state index contributed by atoms with van der Waals surface area (Å²) >= 11 is 0. The van der Waals surface area contributed by atoms with E-state index in [1.54, 1.807) is 23.1 Å². The summed E-state index contributed by atoms with van der Waals surface area (Å²) < 4.78 is 3.41. The number of non-ortho nitro benzene ring substituents is 1. The summed E-state index contributed by atoms with van der Waals surface area (Å²) in [5, 5.41) is 20.6. The first-order chi connectivity index (χ1) is 9.86. The lowest BCUT2D eigenvalue weighted by molar-refractivity contribution is -0.384. The van der Waals surface area contributed by atoms with Crippen LogP contribution in [0.3, 0.4) is 0 Å². The van der Waals surface area contributed by atoms with E-state index in [1.807, 2.05) is 31.6 Å². The Morgan fingerprint density at radius 3 is 2.62 bits per heavy atom. The van der Waals surface area contributed by atoms with E-state index in [4.69, 9.17) is 0 Å². The first-order valence-corrected chi connectivity index (χ1v) is 6.54. The predicted molar refractivity (Wildman–Crippen MR) is 78.5 cm³/mol. The highest BCUT2D eigenvalue weighted by Crippen LogP contribution is 2.28. The van der Waals surface area contributed by atoms with Gasteiger partial charge in [0.05, 0.1) is 16.1 Å². The molecule has 108 valence electrons. The third-order valence-electron chi connectivity index (χ3n) is 3.22. The highest BCUT2D eigenvalue weighted by atomic mass is 16.6. The number of hydrogen-bond acceptors (Lipinski definition) is 4. The molecule has 0 saturated carbocycles. The molecule has 0 fully saturated rings. The number of aromatic nitrogens is 4. The Morgan fingerprint density at radius 1 is 1.29 bits per heavy atom. The minimum absolute atomic E-state index is 0.0291. The lowest BCUT2D eigenvalue weighted by Gasteiger charge is -2.18. The van der Waals surface area contributed by atoms with Crippen molar-refractivity contribution in [3.63, 3.8) is 0 Å². The summed E-state index contributed by atoms with van der Waals surface area (Å²) in [5.74, 6) is 0. The topological polar surface area (TPSA) is 78.8 Å². The van der Waals surface area contributed by atoms with Crippen molar-refractivity contribution in [2.24, 2.45) is 0 Å². The van der Waals surface area contributed by atoms with E-state index in [2.05, 4.69) is 10.2 Å². The number of nitro groups is 1. The molecule has 0 N–H and O–H groups in total. The largest absolute Gasteiger partial charge is 0.272 e. The maximum Gasteiger partial charge on any atom is 0.272 e. The van der Waals surface area contributed by atoms with E-state index < -0.39 is 4.92 Å². The zero-order valence-electron chi connectivity index (χ0n) is 12.0. The van der Waals surface area contributed by atoms with Crippen LogP contribution in [-0.2, 0) is 5.54 Å². The normalized spacial score (nSPS) is 12.0. The van der Waals surface area contributed by atoms with Gasteiger partial charge in [0.1, 0.15) is 5.52 Å². The second kappa shape index (κ2) is 4.41. The molecule has 0 bridgehead atoms. The number of nitrogens with zero attached hydrogens (tertiary/aromatic N) is 5. The van der Waals surface area contributed by atoms with Crippen molar-refractivity contribution in [3.8, 4) is 5.69 Å². The lowest BCUT2D eigenvalue weighted by atomic mass is 10.1. The molecule has 0 amide bonds. The van der Waals surface area contributed by atoms with Crippen LogP contribution in [0.4, 0.5) is 5.69 Å².